The number of rotatable bonds is 2. The summed E-state index contributed by atoms with van der Waals surface area (Å²) in [7, 11) is 0. The molecule has 1 aromatic carbocycles. The number of benzene rings is 1. The van der Waals surface area contributed by atoms with Gasteiger partial charge in [0.1, 0.15) is 11.3 Å². The smallest absolute Gasteiger partial charge is 0.262 e. The van der Waals surface area contributed by atoms with Gasteiger partial charge in [-0.2, -0.15) is 0 Å². The molecule has 0 saturated heterocycles. The summed E-state index contributed by atoms with van der Waals surface area (Å²) < 4.78 is 5.37. The number of carbonyl (C=O) groups is 2. The van der Waals surface area contributed by atoms with Crippen molar-refractivity contribution in [1.82, 2.24) is 15.0 Å². The van der Waals surface area contributed by atoms with Crippen LogP contribution in [0, 0.1) is 5.41 Å². The zero-order valence-corrected chi connectivity index (χ0v) is 14.7. The summed E-state index contributed by atoms with van der Waals surface area (Å²) in [6.45, 7) is 5.63. The van der Waals surface area contributed by atoms with Crippen LogP contribution in [0.3, 0.4) is 0 Å². The number of amides is 1. The van der Waals surface area contributed by atoms with Crippen molar-refractivity contribution in [3.8, 4) is 17.0 Å². The van der Waals surface area contributed by atoms with E-state index in [0.717, 1.165) is 5.56 Å². The first-order valence-corrected chi connectivity index (χ1v) is 8.29. The van der Waals surface area contributed by atoms with Gasteiger partial charge in [0.2, 0.25) is 0 Å². The molecule has 0 unspecified atom stereocenters. The average molecular weight is 350 g/mol. The van der Waals surface area contributed by atoms with Crippen LogP contribution < -0.4 is 10.1 Å². The average Bonchev–Trinajstić information content (AvgIpc) is 3.02. The number of aromatic amines is 1. The van der Waals surface area contributed by atoms with Crippen LogP contribution in [0.2, 0.25) is 0 Å². The predicted molar refractivity (Wildman–Crippen MR) is 97.2 cm³/mol. The Balaban J connectivity index is 1.80. The van der Waals surface area contributed by atoms with Crippen LogP contribution >= 0.6 is 0 Å². The molecule has 1 aliphatic rings. The molecule has 0 bridgehead atoms. The van der Waals surface area contributed by atoms with Crippen LogP contribution in [0.5, 0.6) is 5.75 Å². The molecule has 0 aliphatic carbocycles. The van der Waals surface area contributed by atoms with Crippen molar-refractivity contribution in [3.63, 3.8) is 0 Å². The molecule has 0 atom stereocenters. The first-order valence-electron chi connectivity index (χ1n) is 8.29. The highest BCUT2D eigenvalue weighted by Gasteiger charge is 2.26. The van der Waals surface area contributed by atoms with Gasteiger partial charge in [-0.05, 0) is 18.2 Å². The molecule has 2 aromatic heterocycles. The fourth-order valence-electron chi connectivity index (χ4n) is 2.85. The van der Waals surface area contributed by atoms with E-state index in [1.165, 1.54) is 0 Å². The number of aromatic nitrogens is 3. The van der Waals surface area contributed by atoms with Crippen molar-refractivity contribution in [3.05, 3.63) is 36.2 Å². The second-order valence-electron chi connectivity index (χ2n) is 7.28. The highest BCUT2D eigenvalue weighted by molar-refractivity contribution is 6.08. The summed E-state index contributed by atoms with van der Waals surface area (Å²) in [5, 5.41) is 2.78. The number of nitrogens with one attached hydrogen (secondary N) is 2. The minimum absolute atomic E-state index is 0.00121. The van der Waals surface area contributed by atoms with E-state index in [0.29, 0.717) is 33.9 Å². The summed E-state index contributed by atoms with van der Waals surface area (Å²) in [6, 6.07) is 5.43. The highest BCUT2D eigenvalue weighted by Crippen LogP contribution is 2.33. The monoisotopic (exact) mass is 350 g/mol. The van der Waals surface area contributed by atoms with Crippen molar-refractivity contribution in [2.24, 2.45) is 5.41 Å². The number of nitrogens with zero attached hydrogens (tertiary/aromatic N) is 2. The van der Waals surface area contributed by atoms with E-state index in [4.69, 9.17) is 4.74 Å². The third kappa shape index (κ3) is 2.71. The molecule has 4 rings (SSSR count). The van der Waals surface area contributed by atoms with Gasteiger partial charge in [0.15, 0.2) is 18.0 Å². The second kappa shape index (κ2) is 5.66. The van der Waals surface area contributed by atoms with Gasteiger partial charge < -0.3 is 15.0 Å². The Hall–Kier alpha value is -3.22. The van der Waals surface area contributed by atoms with Crippen LogP contribution in [-0.4, -0.2) is 33.2 Å². The van der Waals surface area contributed by atoms with Crippen LogP contribution in [0.1, 0.15) is 31.1 Å². The Bertz CT molecular complexity index is 1050. The number of ketones is 1. The summed E-state index contributed by atoms with van der Waals surface area (Å²) in [5.74, 6) is 0.425. The Morgan fingerprint density at radius 2 is 2.08 bits per heavy atom. The maximum atomic E-state index is 12.7. The zero-order valence-electron chi connectivity index (χ0n) is 14.7. The quantitative estimate of drug-likeness (QED) is 0.692. The largest absolute Gasteiger partial charge is 0.482 e. The predicted octanol–water partition coefficient (Wildman–Crippen LogP) is 3.18. The molecule has 3 heterocycles. The molecular formula is C19H18N4O3. The highest BCUT2D eigenvalue weighted by atomic mass is 16.5. The zero-order chi connectivity index (χ0) is 18.5. The lowest BCUT2D eigenvalue weighted by molar-refractivity contribution is -0.118. The van der Waals surface area contributed by atoms with Gasteiger partial charge in [0, 0.05) is 17.2 Å². The number of fused-ring (bicyclic) bond motifs is 2. The van der Waals surface area contributed by atoms with Gasteiger partial charge in [-0.25, -0.2) is 9.97 Å². The number of anilines is 1. The fourth-order valence-corrected chi connectivity index (χ4v) is 2.85. The molecule has 132 valence electrons. The van der Waals surface area contributed by atoms with Crippen LogP contribution in [0.25, 0.3) is 22.4 Å². The molecule has 1 aliphatic heterocycles. The number of ether oxygens (including phenoxy) is 1. The maximum Gasteiger partial charge on any atom is 0.262 e. The van der Waals surface area contributed by atoms with Crippen molar-refractivity contribution >= 4 is 28.5 Å². The summed E-state index contributed by atoms with van der Waals surface area (Å²) in [5.41, 5.74) is 3.11. The Morgan fingerprint density at radius 1 is 1.27 bits per heavy atom. The van der Waals surface area contributed by atoms with E-state index >= 15 is 0 Å². The van der Waals surface area contributed by atoms with E-state index < -0.39 is 5.41 Å². The molecule has 0 radical (unpaired) electrons. The molecular weight excluding hydrogens is 332 g/mol. The lowest BCUT2D eigenvalue weighted by Crippen LogP contribution is -2.25. The normalized spacial score (nSPS) is 13.9. The van der Waals surface area contributed by atoms with Gasteiger partial charge in [-0.3, -0.25) is 9.59 Å². The van der Waals surface area contributed by atoms with E-state index in [9.17, 15) is 9.59 Å². The van der Waals surface area contributed by atoms with Crippen molar-refractivity contribution < 1.29 is 14.3 Å². The van der Waals surface area contributed by atoms with Crippen LogP contribution in [-0.2, 0) is 4.79 Å². The minimum Gasteiger partial charge on any atom is -0.482 e. The minimum atomic E-state index is -0.514. The standard InChI is InChI=1S/C19H18N4O3/c1-19(2,3)17(25)11-7-20-18-16(11)23-13(8-21-18)10-4-5-14-12(6-10)22-15(24)9-26-14/h4-8H,9H2,1-3H3,(H,20,21)(H,22,24). The first kappa shape index (κ1) is 16.3. The molecule has 7 nitrogen and oxygen atoms in total. The molecule has 7 heteroatoms. The molecule has 0 spiro atoms. The summed E-state index contributed by atoms with van der Waals surface area (Å²) in [6.07, 6.45) is 3.29. The van der Waals surface area contributed by atoms with Gasteiger partial charge in [0.05, 0.1) is 23.1 Å². The number of hydrogen-bond donors (Lipinski definition) is 2. The third-order valence-corrected chi connectivity index (χ3v) is 4.21. The summed E-state index contributed by atoms with van der Waals surface area (Å²) >= 11 is 0. The van der Waals surface area contributed by atoms with Crippen LogP contribution in [0.4, 0.5) is 5.69 Å². The lowest BCUT2D eigenvalue weighted by atomic mass is 9.87. The molecule has 1 amide bonds. The van der Waals surface area contributed by atoms with Gasteiger partial charge in [-0.1, -0.05) is 20.8 Å². The summed E-state index contributed by atoms with van der Waals surface area (Å²) in [4.78, 5) is 36.2. The Labute approximate surface area is 149 Å². The Kier molecular flexibility index (Phi) is 3.54. The topological polar surface area (TPSA) is 97.0 Å². The number of carbonyl (C=O) groups excluding carboxylic acids is 2. The Morgan fingerprint density at radius 3 is 2.85 bits per heavy atom. The lowest BCUT2D eigenvalue weighted by Gasteiger charge is -2.18. The van der Waals surface area contributed by atoms with E-state index in [-0.39, 0.29) is 18.3 Å². The van der Waals surface area contributed by atoms with Gasteiger partial charge in [0.25, 0.3) is 5.91 Å². The molecule has 0 fully saturated rings. The molecule has 3 aromatic rings. The second-order valence-corrected chi connectivity index (χ2v) is 7.28. The van der Waals surface area contributed by atoms with Crippen LogP contribution in [0.15, 0.2) is 30.6 Å². The van der Waals surface area contributed by atoms with E-state index in [1.807, 2.05) is 26.8 Å². The van der Waals surface area contributed by atoms with Gasteiger partial charge in [-0.15, -0.1) is 0 Å². The fraction of sp³-hybridized carbons (Fsp3) is 0.263. The molecule has 26 heavy (non-hydrogen) atoms. The maximum absolute atomic E-state index is 12.7. The van der Waals surface area contributed by atoms with Crippen molar-refractivity contribution in [2.45, 2.75) is 20.8 Å². The van der Waals surface area contributed by atoms with Crippen molar-refractivity contribution in [2.75, 3.05) is 11.9 Å². The first-order chi connectivity index (χ1) is 12.3. The third-order valence-electron chi connectivity index (χ3n) is 4.21. The van der Waals surface area contributed by atoms with Crippen molar-refractivity contribution in [1.29, 1.82) is 0 Å². The SMILES string of the molecule is CC(C)(C)C(=O)c1c[nH]c2ncc(-c3ccc4c(c3)NC(=O)CO4)nc12. The van der Waals surface area contributed by atoms with E-state index in [2.05, 4.69) is 20.3 Å². The molecule has 2 N–H and O–H groups in total. The van der Waals surface area contributed by atoms with Gasteiger partial charge >= 0.3 is 0 Å². The number of H-pyrrole nitrogens is 1. The number of hydrogen-bond acceptors (Lipinski definition) is 5. The molecule has 0 saturated carbocycles. The number of Topliss-reactive ketones (excluding diaryl/α,β-unsaturated/α-hetero) is 1. The van der Waals surface area contributed by atoms with E-state index in [1.54, 1.807) is 24.5 Å².